The van der Waals surface area contributed by atoms with Crippen LogP contribution in [0.2, 0.25) is 0 Å². The molecule has 2 atom stereocenters. The Hall–Kier alpha value is -3.58. The van der Waals surface area contributed by atoms with Crippen LogP contribution in [0, 0.1) is 0 Å². The summed E-state index contributed by atoms with van der Waals surface area (Å²) in [5.41, 5.74) is 5.70. The van der Waals surface area contributed by atoms with E-state index in [1.54, 1.807) is 12.3 Å². The maximum atomic E-state index is 13.3. The number of carbonyl (C=O) groups excluding carboxylic acids is 3. The first-order valence-corrected chi connectivity index (χ1v) is 10.5. The molecule has 1 fully saturated rings. The highest BCUT2D eigenvalue weighted by Crippen LogP contribution is 2.41. The van der Waals surface area contributed by atoms with E-state index in [-0.39, 0.29) is 24.3 Å². The summed E-state index contributed by atoms with van der Waals surface area (Å²) in [6.07, 6.45) is 3.09. The van der Waals surface area contributed by atoms with Crippen molar-refractivity contribution in [2.24, 2.45) is 0 Å². The molecule has 3 aliphatic rings. The Balaban J connectivity index is 1.44. The van der Waals surface area contributed by atoms with Gasteiger partial charge in [0, 0.05) is 30.6 Å². The van der Waals surface area contributed by atoms with E-state index in [4.69, 9.17) is 0 Å². The number of aromatic nitrogens is 1. The number of nitrogens with zero attached hydrogens (tertiary/aromatic N) is 2. The standard InChI is InChI=1S/C24H20N4O3/c29-20-8-7-19(23(30)27-20)28-18-9-10-25-22-15(5-6-16(21(18)22)24(28)31)17-11-13-3-1-2-4-14(13)12-26-17/h1-6,9-10,17,19,26H,7-8,11-12H2,(H,27,29,30). The summed E-state index contributed by atoms with van der Waals surface area (Å²) in [7, 11) is 0. The summed E-state index contributed by atoms with van der Waals surface area (Å²) in [5, 5.41) is 6.75. The van der Waals surface area contributed by atoms with E-state index in [0.29, 0.717) is 17.7 Å². The van der Waals surface area contributed by atoms with Gasteiger partial charge in [-0.2, -0.15) is 0 Å². The second-order valence-corrected chi connectivity index (χ2v) is 8.30. The van der Waals surface area contributed by atoms with Crippen LogP contribution in [-0.2, 0) is 22.6 Å². The molecular formula is C24H20N4O3. The average molecular weight is 412 g/mol. The molecule has 2 aromatic carbocycles. The van der Waals surface area contributed by atoms with Gasteiger partial charge in [-0.1, -0.05) is 30.3 Å². The maximum Gasteiger partial charge on any atom is 0.259 e. The van der Waals surface area contributed by atoms with Crippen LogP contribution >= 0.6 is 0 Å². The van der Waals surface area contributed by atoms with Gasteiger partial charge in [0.25, 0.3) is 5.91 Å². The van der Waals surface area contributed by atoms with Gasteiger partial charge in [0.2, 0.25) is 11.8 Å². The molecule has 3 amide bonds. The van der Waals surface area contributed by atoms with Crippen molar-refractivity contribution >= 4 is 34.3 Å². The molecule has 154 valence electrons. The first kappa shape index (κ1) is 18.2. The van der Waals surface area contributed by atoms with Crippen molar-refractivity contribution in [3.8, 4) is 0 Å². The Bertz CT molecular complexity index is 1290. The minimum absolute atomic E-state index is 0.0893. The molecule has 2 N–H and O–H groups in total. The fraction of sp³-hybridized carbons (Fsp3) is 0.250. The third-order valence-electron chi connectivity index (χ3n) is 6.59. The van der Waals surface area contributed by atoms with E-state index in [1.165, 1.54) is 16.0 Å². The number of piperidine rings is 1. The predicted molar refractivity (Wildman–Crippen MR) is 114 cm³/mol. The molecule has 0 spiro atoms. The summed E-state index contributed by atoms with van der Waals surface area (Å²) in [4.78, 5) is 43.5. The number of pyridine rings is 1. The lowest BCUT2D eigenvalue weighted by Crippen LogP contribution is -2.53. The van der Waals surface area contributed by atoms with Gasteiger partial charge in [-0.25, -0.2) is 0 Å². The van der Waals surface area contributed by atoms with E-state index >= 15 is 0 Å². The first-order valence-electron chi connectivity index (χ1n) is 10.5. The summed E-state index contributed by atoms with van der Waals surface area (Å²) in [6.45, 7) is 0.783. The van der Waals surface area contributed by atoms with Gasteiger partial charge in [-0.15, -0.1) is 0 Å². The number of nitrogens with one attached hydrogen (secondary N) is 2. The van der Waals surface area contributed by atoms with Crippen molar-refractivity contribution in [2.45, 2.75) is 37.9 Å². The van der Waals surface area contributed by atoms with Crippen molar-refractivity contribution in [1.82, 2.24) is 15.6 Å². The second kappa shape index (κ2) is 6.72. The minimum Gasteiger partial charge on any atom is -0.305 e. The molecule has 0 radical (unpaired) electrons. The second-order valence-electron chi connectivity index (χ2n) is 8.30. The van der Waals surface area contributed by atoms with Crippen molar-refractivity contribution in [3.05, 3.63) is 70.9 Å². The van der Waals surface area contributed by atoms with Crippen molar-refractivity contribution in [3.63, 3.8) is 0 Å². The van der Waals surface area contributed by atoms with Crippen molar-refractivity contribution in [2.75, 3.05) is 4.90 Å². The number of carbonyl (C=O) groups is 3. The lowest BCUT2D eigenvalue weighted by atomic mass is 9.90. The highest BCUT2D eigenvalue weighted by Gasteiger charge is 2.41. The number of hydrogen-bond acceptors (Lipinski definition) is 5. The Kier molecular flexibility index (Phi) is 3.94. The maximum absolute atomic E-state index is 13.3. The molecule has 6 rings (SSSR count). The van der Waals surface area contributed by atoms with Crippen LogP contribution in [-0.4, -0.2) is 28.7 Å². The molecule has 0 aliphatic carbocycles. The Morgan fingerprint density at radius 2 is 1.84 bits per heavy atom. The van der Waals surface area contributed by atoms with Gasteiger partial charge in [0.15, 0.2) is 0 Å². The first-order chi connectivity index (χ1) is 15.1. The number of benzene rings is 2. The zero-order valence-corrected chi connectivity index (χ0v) is 16.7. The van der Waals surface area contributed by atoms with Crippen LogP contribution in [0.5, 0.6) is 0 Å². The van der Waals surface area contributed by atoms with Gasteiger partial charge >= 0.3 is 0 Å². The van der Waals surface area contributed by atoms with Crippen LogP contribution in [0.25, 0.3) is 10.9 Å². The van der Waals surface area contributed by atoms with E-state index in [0.717, 1.165) is 29.4 Å². The topological polar surface area (TPSA) is 91.4 Å². The van der Waals surface area contributed by atoms with Gasteiger partial charge < -0.3 is 5.32 Å². The molecule has 3 aromatic rings. The smallest absolute Gasteiger partial charge is 0.259 e. The highest BCUT2D eigenvalue weighted by molar-refractivity contribution is 6.27. The summed E-state index contributed by atoms with van der Waals surface area (Å²) in [6, 6.07) is 13.4. The van der Waals surface area contributed by atoms with Gasteiger partial charge in [0.05, 0.1) is 16.8 Å². The Morgan fingerprint density at radius 1 is 1.00 bits per heavy atom. The molecular weight excluding hydrogens is 392 g/mol. The fourth-order valence-corrected chi connectivity index (χ4v) is 5.08. The normalized spacial score (nSPS) is 22.6. The van der Waals surface area contributed by atoms with E-state index in [9.17, 15) is 14.4 Å². The summed E-state index contributed by atoms with van der Waals surface area (Å²) < 4.78 is 0. The third-order valence-corrected chi connectivity index (χ3v) is 6.59. The van der Waals surface area contributed by atoms with Gasteiger partial charge in [0.1, 0.15) is 6.04 Å². The van der Waals surface area contributed by atoms with E-state index < -0.39 is 11.9 Å². The molecule has 2 unspecified atom stereocenters. The highest BCUT2D eigenvalue weighted by atomic mass is 16.2. The average Bonchev–Trinajstić information content (AvgIpc) is 3.07. The van der Waals surface area contributed by atoms with E-state index in [1.807, 2.05) is 12.1 Å². The number of hydrogen-bond donors (Lipinski definition) is 2. The Labute approximate surface area is 178 Å². The zero-order chi connectivity index (χ0) is 21.1. The van der Waals surface area contributed by atoms with Crippen LogP contribution in [0.4, 0.5) is 5.69 Å². The zero-order valence-electron chi connectivity index (χ0n) is 16.7. The Morgan fingerprint density at radius 3 is 2.68 bits per heavy atom. The van der Waals surface area contributed by atoms with Crippen molar-refractivity contribution < 1.29 is 14.4 Å². The van der Waals surface area contributed by atoms with E-state index in [2.05, 4.69) is 39.9 Å². The van der Waals surface area contributed by atoms with Crippen LogP contribution in [0.1, 0.15) is 45.9 Å². The van der Waals surface area contributed by atoms with Gasteiger partial charge in [-0.05, 0) is 41.7 Å². The number of rotatable bonds is 2. The molecule has 4 heterocycles. The lowest BCUT2D eigenvalue weighted by Gasteiger charge is -2.30. The van der Waals surface area contributed by atoms with Crippen LogP contribution < -0.4 is 15.5 Å². The molecule has 0 saturated carbocycles. The number of anilines is 1. The van der Waals surface area contributed by atoms with Crippen LogP contribution in [0.3, 0.4) is 0 Å². The summed E-state index contributed by atoms with van der Waals surface area (Å²) >= 11 is 0. The number of amides is 3. The molecule has 1 saturated heterocycles. The molecule has 1 aromatic heterocycles. The van der Waals surface area contributed by atoms with Crippen LogP contribution in [0.15, 0.2) is 48.7 Å². The molecule has 7 nitrogen and oxygen atoms in total. The largest absolute Gasteiger partial charge is 0.305 e. The van der Waals surface area contributed by atoms with Gasteiger partial charge in [-0.3, -0.25) is 29.6 Å². The number of fused-ring (bicyclic) bond motifs is 1. The lowest BCUT2D eigenvalue weighted by molar-refractivity contribution is -0.134. The van der Waals surface area contributed by atoms with Crippen molar-refractivity contribution in [1.29, 1.82) is 0 Å². The fourth-order valence-electron chi connectivity index (χ4n) is 5.08. The number of imide groups is 1. The molecule has 7 heteroatoms. The minimum atomic E-state index is -0.689. The third kappa shape index (κ3) is 2.70. The predicted octanol–water partition coefficient (Wildman–Crippen LogP) is 2.39. The molecule has 3 aliphatic heterocycles. The SMILES string of the molecule is O=C1CCC(N2C(=O)c3ccc(C4Cc5ccccc5CN4)c4nccc2c34)C(=O)N1. The monoisotopic (exact) mass is 412 g/mol. The molecule has 0 bridgehead atoms. The quantitative estimate of drug-likeness (QED) is 0.631. The summed E-state index contributed by atoms with van der Waals surface area (Å²) in [5.74, 6) is -0.930. The molecule has 31 heavy (non-hydrogen) atoms.